The van der Waals surface area contributed by atoms with Gasteiger partial charge in [-0.25, -0.2) is 4.79 Å². The van der Waals surface area contributed by atoms with Crippen molar-refractivity contribution in [1.82, 2.24) is 31.9 Å². The third-order valence-electron chi connectivity index (χ3n) is 15.1. The molecule has 16 N–H and O–H groups in total. The van der Waals surface area contributed by atoms with E-state index < -0.39 is 159 Å². The van der Waals surface area contributed by atoms with E-state index in [4.69, 9.17) is 24.7 Å². The number of nitrogens with two attached hydrogens (primary N) is 1. The predicted octanol–water partition coefficient (Wildman–Crippen LogP) is 3.57. The second-order valence-corrected chi connectivity index (χ2v) is 20.5. The highest BCUT2D eigenvalue weighted by atomic mass is 16.5. The molecule has 6 heterocycles. The van der Waals surface area contributed by atoms with Gasteiger partial charge in [0.15, 0.2) is 29.0 Å². The van der Waals surface area contributed by atoms with Gasteiger partial charge in [-0.05, 0) is 113 Å². The van der Waals surface area contributed by atoms with Crippen LogP contribution in [0.3, 0.4) is 0 Å². The Balaban J connectivity index is 1.16. The van der Waals surface area contributed by atoms with E-state index >= 15 is 14.4 Å². The van der Waals surface area contributed by atoms with Crippen LogP contribution in [0.1, 0.15) is 86.9 Å². The summed E-state index contributed by atoms with van der Waals surface area (Å²) in [5, 5.41) is 108. The molecule has 6 aliphatic heterocycles. The smallest absolute Gasteiger partial charge is 0.333 e. The van der Waals surface area contributed by atoms with Gasteiger partial charge in [-0.2, -0.15) is 0 Å². The predicted molar refractivity (Wildman–Crippen MR) is 295 cm³/mol. The van der Waals surface area contributed by atoms with Crippen LogP contribution in [0.4, 0.5) is 0 Å². The molecule has 0 aromatic heterocycles. The number of ether oxygens (including phenoxy) is 4. The van der Waals surface area contributed by atoms with Gasteiger partial charge < -0.3 is 97.4 Å². The average molecular weight is 1170 g/mol. The lowest BCUT2D eigenvalue weighted by atomic mass is 9.87. The molecule has 0 spiro atoms. The highest BCUT2D eigenvalue weighted by molar-refractivity contribution is 6.01. The minimum atomic E-state index is -2.19. The average Bonchev–Trinajstić information content (AvgIpc) is 1.32. The third-order valence-corrected chi connectivity index (χ3v) is 15.1. The molecular formula is C60H51N7O19. The molecule has 13 rings (SSSR count). The zero-order chi connectivity index (χ0) is 61.2. The Kier molecular flexibility index (Phi) is 14.7. The Morgan fingerprint density at radius 1 is 0.465 bits per heavy atom. The summed E-state index contributed by atoms with van der Waals surface area (Å²) in [5.74, 6) is -14.2. The molecule has 86 heavy (non-hydrogen) atoms. The van der Waals surface area contributed by atoms with Crippen LogP contribution in [0.2, 0.25) is 0 Å². The van der Waals surface area contributed by atoms with Crippen LogP contribution in [0.15, 0.2) is 121 Å². The van der Waals surface area contributed by atoms with Gasteiger partial charge >= 0.3 is 5.97 Å². The number of amides is 6. The van der Waals surface area contributed by atoms with Crippen LogP contribution >= 0.6 is 0 Å². The number of aromatic hydroxyl groups is 6. The lowest BCUT2D eigenvalue weighted by molar-refractivity contribution is -0.146. The molecule has 0 fully saturated rings. The van der Waals surface area contributed by atoms with Gasteiger partial charge in [-0.1, -0.05) is 42.5 Å². The van der Waals surface area contributed by atoms with E-state index in [1.807, 2.05) is 0 Å². The van der Waals surface area contributed by atoms with Crippen molar-refractivity contribution in [1.29, 1.82) is 0 Å². The number of phenols is 6. The molecule has 26 heteroatoms. The van der Waals surface area contributed by atoms with Gasteiger partial charge in [0, 0.05) is 28.3 Å². The summed E-state index contributed by atoms with van der Waals surface area (Å²) in [6.45, 7) is 1.42. The highest BCUT2D eigenvalue weighted by Gasteiger charge is 2.43. The van der Waals surface area contributed by atoms with Crippen molar-refractivity contribution in [2.75, 3.05) is 7.11 Å². The minimum Gasteiger partial charge on any atom is -0.508 e. The molecule has 7 aromatic carbocycles. The fourth-order valence-corrected chi connectivity index (χ4v) is 10.5. The molecule has 9 atom stereocenters. The highest BCUT2D eigenvalue weighted by Crippen LogP contribution is 2.48. The largest absolute Gasteiger partial charge is 0.508 e. The first-order valence-corrected chi connectivity index (χ1v) is 26.2. The quantitative estimate of drug-likeness (QED) is 0.104. The second-order valence-electron chi connectivity index (χ2n) is 20.5. The van der Waals surface area contributed by atoms with E-state index in [9.17, 15) is 60.0 Å². The van der Waals surface area contributed by atoms with Gasteiger partial charge in [0.2, 0.25) is 41.2 Å². The molecular weight excluding hydrogens is 1120 g/mol. The van der Waals surface area contributed by atoms with Gasteiger partial charge in [-0.3, -0.25) is 28.8 Å². The number of carbonyl (C=O) groups excluding carboxylic acids is 7. The van der Waals surface area contributed by atoms with Gasteiger partial charge in [0.1, 0.15) is 88.7 Å². The minimum absolute atomic E-state index is 0.00111. The van der Waals surface area contributed by atoms with Crippen molar-refractivity contribution in [2.45, 2.75) is 61.4 Å². The van der Waals surface area contributed by atoms with E-state index in [-0.39, 0.29) is 61.9 Å². The maximum absolute atomic E-state index is 15.8. The monoisotopic (exact) mass is 1170 g/mol. The first-order valence-electron chi connectivity index (χ1n) is 26.2. The Bertz CT molecular complexity index is 3990. The van der Waals surface area contributed by atoms with E-state index in [0.717, 1.165) is 43.5 Å². The van der Waals surface area contributed by atoms with Crippen molar-refractivity contribution in [3.63, 3.8) is 0 Å². The molecule has 0 saturated carbocycles. The molecule has 7 aromatic rings. The maximum Gasteiger partial charge on any atom is 0.333 e. The summed E-state index contributed by atoms with van der Waals surface area (Å²) in [5.41, 5.74) is 4.12. The van der Waals surface area contributed by atoms with Crippen LogP contribution in [-0.2, 0) is 38.3 Å². The summed E-state index contributed by atoms with van der Waals surface area (Å²) in [6.07, 6.45) is -3.95. The van der Waals surface area contributed by atoms with Crippen molar-refractivity contribution >= 4 is 41.4 Å². The summed E-state index contributed by atoms with van der Waals surface area (Å²) < 4.78 is 23.6. The molecule has 6 amide bonds. The van der Waals surface area contributed by atoms with E-state index in [2.05, 4.69) is 31.9 Å². The van der Waals surface area contributed by atoms with Crippen LogP contribution in [0.5, 0.6) is 69.0 Å². The third kappa shape index (κ3) is 10.5. The fourth-order valence-electron chi connectivity index (χ4n) is 10.5. The lowest BCUT2D eigenvalue weighted by Crippen LogP contribution is -2.55. The molecule has 0 radical (unpaired) electrons. The SMILES string of the molecule is COC(=O)C1NC(=O)C2NC(=O)C(NC(=O)C3NC(=O)C4NC(=O)C(NC(=O)C(N)c5ccc(O)c(c5)Oc5cc4cc(O)c5C)C(O)c4ccc(cc4)Oc4cc3cc(c4O)Oc3ccc(cc3)C2O)c2cccc(O)c2-c2c(O)cc(O)cc21. The van der Waals surface area contributed by atoms with E-state index in [0.29, 0.717) is 0 Å². The number of phenolic OH excluding ortho intramolecular Hbond substituents is 6. The van der Waals surface area contributed by atoms with Crippen LogP contribution in [0, 0.1) is 6.92 Å². The molecule has 0 aliphatic carbocycles. The van der Waals surface area contributed by atoms with Crippen molar-refractivity contribution in [3.8, 4) is 80.1 Å². The molecule has 9 unspecified atom stereocenters. The molecule has 26 nitrogen and oxygen atoms in total. The summed E-state index contributed by atoms with van der Waals surface area (Å²) in [7, 11) is 0.965. The standard InChI is InChI=1S/C60H51N7O19/c1-23-36(71)16-27-18-38(23)86-39-17-26(10-15-34(39)69)44(61)54(76)66-49-51(73)24-6-11-30(12-7-24)84-40-19-28-20-41(53(40)75)85-31-13-8-25(9-14-31)52(74)50-59(81)65-48(60(82)83-2)33-21-29(68)22-37(72)43(33)42-32(4-3-5-35(42)70)47(57(79)67-50)64-56(78)46(28)62-55(77)45(27)63-58(49)80/h3-22,44-52,68-75H,61H2,1-2H3,(H,62,77)(H,63,80)(H,64,78)(H,65,81)(H,66,76)(H,67,79). The Labute approximate surface area is 485 Å². The Morgan fingerprint density at radius 3 is 1.57 bits per heavy atom. The zero-order valence-electron chi connectivity index (χ0n) is 44.9. The number of nitrogens with one attached hydrogen (secondary N) is 6. The van der Waals surface area contributed by atoms with Crippen LogP contribution < -0.4 is 51.8 Å². The van der Waals surface area contributed by atoms with Crippen molar-refractivity contribution in [2.24, 2.45) is 5.73 Å². The van der Waals surface area contributed by atoms with Crippen molar-refractivity contribution in [3.05, 3.63) is 166 Å². The lowest BCUT2D eigenvalue weighted by Gasteiger charge is -2.31. The molecule has 0 saturated heterocycles. The summed E-state index contributed by atoms with van der Waals surface area (Å²) >= 11 is 0. The van der Waals surface area contributed by atoms with Crippen LogP contribution in [0.25, 0.3) is 11.1 Å². The summed E-state index contributed by atoms with van der Waals surface area (Å²) in [4.78, 5) is 104. The van der Waals surface area contributed by atoms with E-state index in [1.54, 1.807) is 0 Å². The van der Waals surface area contributed by atoms with Gasteiger partial charge in [-0.15, -0.1) is 0 Å². The maximum atomic E-state index is 15.8. The van der Waals surface area contributed by atoms with Gasteiger partial charge in [0.05, 0.1) is 7.11 Å². The Hall–Kier alpha value is -11.1. The van der Waals surface area contributed by atoms with Crippen LogP contribution in [-0.4, -0.2) is 101 Å². The molecule has 440 valence electrons. The number of benzene rings is 7. The first kappa shape index (κ1) is 56.8. The number of aliphatic hydroxyl groups excluding tert-OH is 2. The molecule has 6 aliphatic rings. The van der Waals surface area contributed by atoms with Crippen molar-refractivity contribution < 1.29 is 93.4 Å². The van der Waals surface area contributed by atoms with E-state index in [1.165, 1.54) is 91.9 Å². The number of carbonyl (C=O) groups is 7. The Morgan fingerprint density at radius 2 is 0.965 bits per heavy atom. The summed E-state index contributed by atoms with van der Waals surface area (Å²) in [6, 6.07) is 9.85. The van der Waals surface area contributed by atoms with Gasteiger partial charge in [0.25, 0.3) is 0 Å². The number of methoxy groups -OCH3 is 1. The normalized spacial score (nSPS) is 22.7. The number of esters is 1. The number of fused-ring (bicyclic) bond motifs is 13. The topological polar surface area (TPSA) is 416 Å². The number of hydrogen-bond donors (Lipinski definition) is 15. The zero-order valence-corrected chi connectivity index (χ0v) is 44.9. The first-order chi connectivity index (χ1) is 41.1. The fraction of sp³-hybridized carbons (Fsp3) is 0.183. The molecule has 15 bridgehead atoms. The number of aliphatic hydroxyl groups is 2. The number of hydrogen-bond acceptors (Lipinski definition) is 20. The second kappa shape index (κ2) is 22.2. The number of rotatable bonds is 1.